The second-order valence-corrected chi connectivity index (χ2v) is 5.90. The highest BCUT2D eigenvalue weighted by Crippen LogP contribution is 2.26. The zero-order chi connectivity index (χ0) is 15.4. The third-order valence-electron chi connectivity index (χ3n) is 3.19. The third-order valence-corrected chi connectivity index (χ3v) is 3.48. The summed E-state index contributed by atoms with van der Waals surface area (Å²) in [6.45, 7) is 7.47. The monoisotopic (exact) mass is 307 g/mol. The molecule has 2 rings (SSSR count). The Bertz CT molecular complexity index is 608. The lowest BCUT2D eigenvalue weighted by Gasteiger charge is -2.11. The lowest BCUT2D eigenvalue weighted by atomic mass is 10.2. The Morgan fingerprint density at radius 1 is 1.33 bits per heavy atom. The van der Waals surface area contributed by atoms with E-state index in [2.05, 4.69) is 24.3 Å². The summed E-state index contributed by atoms with van der Waals surface area (Å²) in [5, 5.41) is 8.30. The quantitative estimate of drug-likeness (QED) is 0.888. The van der Waals surface area contributed by atoms with Crippen molar-refractivity contribution in [2.75, 3.05) is 0 Å². The van der Waals surface area contributed by atoms with Crippen molar-refractivity contribution in [2.24, 2.45) is 7.05 Å². The van der Waals surface area contributed by atoms with Crippen LogP contribution in [0.3, 0.4) is 0 Å². The molecule has 1 heterocycles. The molecule has 0 fully saturated rings. The van der Waals surface area contributed by atoms with Crippen LogP contribution in [0.1, 0.15) is 30.8 Å². The van der Waals surface area contributed by atoms with Crippen molar-refractivity contribution < 1.29 is 4.74 Å². The van der Waals surface area contributed by atoms with E-state index >= 15 is 0 Å². The number of aromatic nitrogens is 2. The van der Waals surface area contributed by atoms with Crippen LogP contribution < -0.4 is 10.1 Å². The number of halogens is 1. The largest absolute Gasteiger partial charge is 0.486 e. The molecule has 0 saturated carbocycles. The van der Waals surface area contributed by atoms with Gasteiger partial charge in [-0.1, -0.05) is 31.5 Å². The van der Waals surface area contributed by atoms with Crippen molar-refractivity contribution in [1.29, 1.82) is 0 Å². The molecule has 0 spiro atoms. The molecule has 1 aromatic heterocycles. The maximum absolute atomic E-state index is 6.28. The van der Waals surface area contributed by atoms with E-state index in [-0.39, 0.29) is 0 Å². The van der Waals surface area contributed by atoms with Gasteiger partial charge in [0, 0.05) is 19.6 Å². The van der Waals surface area contributed by atoms with Gasteiger partial charge >= 0.3 is 0 Å². The van der Waals surface area contributed by atoms with Crippen molar-refractivity contribution >= 4 is 11.6 Å². The molecule has 1 aromatic carbocycles. The minimum atomic E-state index is 0.452. The van der Waals surface area contributed by atoms with E-state index in [1.54, 1.807) is 0 Å². The molecule has 2 aromatic rings. The van der Waals surface area contributed by atoms with Gasteiger partial charge in [-0.25, -0.2) is 0 Å². The Morgan fingerprint density at radius 3 is 2.67 bits per heavy atom. The number of hydrogen-bond donors (Lipinski definition) is 1. The molecule has 0 aliphatic heterocycles. The van der Waals surface area contributed by atoms with Crippen molar-refractivity contribution in [2.45, 2.75) is 40.0 Å². The Hall–Kier alpha value is -1.52. The van der Waals surface area contributed by atoms with E-state index in [1.165, 1.54) is 0 Å². The summed E-state index contributed by atoms with van der Waals surface area (Å²) >= 11 is 6.28. The SMILES string of the molecule is Cc1cc(COc2ccc(CNC(C)C)cc2Cl)n(C)n1. The fourth-order valence-electron chi connectivity index (χ4n) is 2.04. The van der Waals surface area contributed by atoms with Crippen molar-refractivity contribution in [1.82, 2.24) is 15.1 Å². The lowest BCUT2D eigenvalue weighted by Crippen LogP contribution is -2.21. The average molecular weight is 308 g/mol. The number of ether oxygens (including phenoxy) is 1. The Labute approximate surface area is 131 Å². The van der Waals surface area contributed by atoms with Crippen molar-refractivity contribution in [3.8, 4) is 5.75 Å². The zero-order valence-electron chi connectivity index (χ0n) is 13.0. The van der Waals surface area contributed by atoms with Gasteiger partial charge in [0.05, 0.1) is 16.4 Å². The molecule has 1 N–H and O–H groups in total. The van der Waals surface area contributed by atoms with Gasteiger partial charge in [-0.2, -0.15) is 5.10 Å². The van der Waals surface area contributed by atoms with E-state index in [9.17, 15) is 0 Å². The minimum Gasteiger partial charge on any atom is -0.486 e. The van der Waals surface area contributed by atoms with Gasteiger partial charge < -0.3 is 10.1 Å². The normalized spacial score (nSPS) is 11.1. The zero-order valence-corrected chi connectivity index (χ0v) is 13.7. The first kappa shape index (κ1) is 15.9. The highest BCUT2D eigenvalue weighted by Gasteiger charge is 2.07. The number of nitrogens with zero attached hydrogens (tertiary/aromatic N) is 2. The molecule has 0 aliphatic carbocycles. The predicted octanol–water partition coefficient (Wildman–Crippen LogP) is 3.46. The number of rotatable bonds is 6. The van der Waals surface area contributed by atoms with Gasteiger partial charge in [0.1, 0.15) is 12.4 Å². The third kappa shape index (κ3) is 4.48. The lowest BCUT2D eigenvalue weighted by molar-refractivity contribution is 0.295. The fourth-order valence-corrected chi connectivity index (χ4v) is 2.30. The van der Waals surface area contributed by atoms with Crippen LogP contribution in [0, 0.1) is 6.92 Å². The first-order valence-electron chi connectivity index (χ1n) is 7.10. The molecular weight excluding hydrogens is 286 g/mol. The molecule has 0 saturated heterocycles. The van der Waals surface area contributed by atoms with Crippen LogP contribution in [0.5, 0.6) is 5.75 Å². The van der Waals surface area contributed by atoms with E-state index in [0.717, 1.165) is 23.5 Å². The number of benzene rings is 1. The summed E-state index contributed by atoms with van der Waals surface area (Å²) in [6, 6.07) is 8.36. The highest BCUT2D eigenvalue weighted by atomic mass is 35.5. The highest BCUT2D eigenvalue weighted by molar-refractivity contribution is 6.32. The average Bonchev–Trinajstić information content (AvgIpc) is 2.73. The van der Waals surface area contributed by atoms with Crippen LogP contribution in [0.2, 0.25) is 5.02 Å². The van der Waals surface area contributed by atoms with E-state index in [1.807, 2.05) is 42.9 Å². The van der Waals surface area contributed by atoms with Crippen LogP contribution in [-0.2, 0) is 20.2 Å². The van der Waals surface area contributed by atoms with Crippen LogP contribution >= 0.6 is 11.6 Å². The smallest absolute Gasteiger partial charge is 0.138 e. The molecule has 0 radical (unpaired) electrons. The van der Waals surface area contributed by atoms with Gasteiger partial charge in [-0.3, -0.25) is 4.68 Å². The molecule has 5 heteroatoms. The maximum Gasteiger partial charge on any atom is 0.138 e. The number of hydrogen-bond acceptors (Lipinski definition) is 3. The summed E-state index contributed by atoms with van der Waals surface area (Å²) < 4.78 is 7.61. The molecule has 0 amide bonds. The maximum atomic E-state index is 6.28. The summed E-state index contributed by atoms with van der Waals surface area (Å²) in [7, 11) is 1.91. The molecular formula is C16H22ClN3O. The summed E-state index contributed by atoms with van der Waals surface area (Å²) in [5.74, 6) is 0.698. The molecule has 114 valence electrons. The van der Waals surface area contributed by atoms with Crippen LogP contribution in [-0.4, -0.2) is 15.8 Å². The van der Waals surface area contributed by atoms with Gasteiger partial charge in [0.2, 0.25) is 0 Å². The molecule has 0 bridgehead atoms. The summed E-state index contributed by atoms with van der Waals surface area (Å²) in [4.78, 5) is 0. The van der Waals surface area contributed by atoms with Crippen LogP contribution in [0.15, 0.2) is 24.3 Å². The van der Waals surface area contributed by atoms with Crippen molar-refractivity contribution in [3.63, 3.8) is 0 Å². The molecule has 4 nitrogen and oxygen atoms in total. The van der Waals surface area contributed by atoms with Crippen LogP contribution in [0.25, 0.3) is 0 Å². The molecule has 0 atom stereocenters. The molecule has 0 aliphatic rings. The minimum absolute atomic E-state index is 0.452. The second-order valence-electron chi connectivity index (χ2n) is 5.49. The van der Waals surface area contributed by atoms with Gasteiger partial charge in [0.15, 0.2) is 0 Å². The van der Waals surface area contributed by atoms with Gasteiger partial charge in [0.25, 0.3) is 0 Å². The van der Waals surface area contributed by atoms with E-state index in [4.69, 9.17) is 16.3 Å². The first-order chi connectivity index (χ1) is 9.95. The van der Waals surface area contributed by atoms with Gasteiger partial charge in [-0.15, -0.1) is 0 Å². The molecule has 21 heavy (non-hydrogen) atoms. The predicted molar refractivity (Wildman–Crippen MR) is 85.7 cm³/mol. The van der Waals surface area contributed by atoms with E-state index in [0.29, 0.717) is 23.4 Å². The Morgan fingerprint density at radius 2 is 2.10 bits per heavy atom. The van der Waals surface area contributed by atoms with Gasteiger partial charge in [-0.05, 0) is 30.7 Å². The summed E-state index contributed by atoms with van der Waals surface area (Å²) in [5.41, 5.74) is 3.16. The molecule has 0 unspecified atom stereocenters. The number of nitrogens with one attached hydrogen (secondary N) is 1. The standard InChI is InChI=1S/C16H22ClN3O/c1-11(2)18-9-13-5-6-16(15(17)8-13)21-10-14-7-12(3)19-20(14)4/h5-8,11,18H,9-10H2,1-4H3. The fraction of sp³-hybridized carbons (Fsp3) is 0.438. The summed E-state index contributed by atoms with van der Waals surface area (Å²) in [6.07, 6.45) is 0. The Balaban J connectivity index is 1.99. The topological polar surface area (TPSA) is 39.1 Å². The Kier molecular flexibility index (Phi) is 5.26. The van der Waals surface area contributed by atoms with E-state index < -0.39 is 0 Å². The van der Waals surface area contributed by atoms with Crippen molar-refractivity contribution in [3.05, 3.63) is 46.2 Å². The number of aryl methyl sites for hydroxylation is 2. The second kappa shape index (κ2) is 6.96. The first-order valence-corrected chi connectivity index (χ1v) is 7.47. The van der Waals surface area contributed by atoms with Crippen LogP contribution in [0.4, 0.5) is 0 Å².